The number of carboxylic acid groups (broad SMARTS) is 1. The van der Waals surface area contributed by atoms with E-state index in [9.17, 15) is 24.3 Å². The molecule has 32 heavy (non-hydrogen) atoms. The molecule has 1 saturated heterocycles. The van der Waals surface area contributed by atoms with Crippen LogP contribution >= 0.6 is 0 Å². The first-order valence-electron chi connectivity index (χ1n) is 11.4. The summed E-state index contributed by atoms with van der Waals surface area (Å²) in [5, 5.41) is 15.0. The second kappa shape index (κ2) is 11.6. The molecule has 0 aliphatic carbocycles. The van der Waals surface area contributed by atoms with Gasteiger partial charge in [0.2, 0.25) is 17.7 Å². The fourth-order valence-electron chi connectivity index (χ4n) is 4.06. The summed E-state index contributed by atoms with van der Waals surface area (Å²) in [6, 6.07) is 3.42. The first-order valence-corrected chi connectivity index (χ1v) is 11.4. The van der Waals surface area contributed by atoms with Crippen molar-refractivity contribution >= 4 is 29.4 Å². The second-order valence-corrected chi connectivity index (χ2v) is 8.72. The average molecular weight is 446 g/mol. The zero-order valence-corrected chi connectivity index (χ0v) is 19.4. The second-order valence-electron chi connectivity index (χ2n) is 8.72. The summed E-state index contributed by atoms with van der Waals surface area (Å²) < 4.78 is 0. The van der Waals surface area contributed by atoms with Crippen LogP contribution in [0.3, 0.4) is 0 Å². The Balaban J connectivity index is 2.10. The van der Waals surface area contributed by atoms with Gasteiger partial charge in [-0.15, -0.1) is 0 Å². The SMILES string of the molecule is CCCCCC(=O)N1CCC[C@H]1C(=O)N[C@H](C(=O)Nc1cccc(C)c1C(=O)O)C(C)C. The van der Waals surface area contributed by atoms with Crippen LogP contribution in [0.2, 0.25) is 0 Å². The van der Waals surface area contributed by atoms with Crippen LogP contribution < -0.4 is 10.6 Å². The molecule has 1 aliphatic heterocycles. The molecule has 1 aromatic carbocycles. The molecule has 1 aliphatic rings. The number of carbonyl (C=O) groups excluding carboxylic acids is 3. The summed E-state index contributed by atoms with van der Waals surface area (Å²) in [6.45, 7) is 7.89. The van der Waals surface area contributed by atoms with Crippen molar-refractivity contribution in [3.05, 3.63) is 29.3 Å². The highest BCUT2D eigenvalue weighted by molar-refractivity contribution is 6.04. The Morgan fingerprint density at radius 1 is 1.19 bits per heavy atom. The van der Waals surface area contributed by atoms with Gasteiger partial charge in [0.25, 0.3) is 0 Å². The van der Waals surface area contributed by atoms with Gasteiger partial charge in [0.05, 0.1) is 11.3 Å². The number of aryl methyl sites for hydroxylation is 1. The number of rotatable bonds is 10. The molecule has 176 valence electrons. The van der Waals surface area contributed by atoms with Gasteiger partial charge < -0.3 is 20.6 Å². The lowest BCUT2D eigenvalue weighted by Crippen LogP contribution is -2.53. The van der Waals surface area contributed by atoms with Crippen molar-refractivity contribution in [3.8, 4) is 0 Å². The molecule has 0 aromatic heterocycles. The van der Waals surface area contributed by atoms with Gasteiger partial charge in [0, 0.05) is 13.0 Å². The van der Waals surface area contributed by atoms with E-state index in [1.54, 1.807) is 37.8 Å². The van der Waals surface area contributed by atoms with Gasteiger partial charge in [-0.1, -0.05) is 45.7 Å². The minimum absolute atomic E-state index is 0.0208. The molecular formula is C24H35N3O5. The third kappa shape index (κ3) is 6.31. The van der Waals surface area contributed by atoms with Crippen LogP contribution in [0.1, 0.15) is 75.2 Å². The van der Waals surface area contributed by atoms with E-state index in [-0.39, 0.29) is 29.0 Å². The van der Waals surface area contributed by atoms with E-state index in [2.05, 4.69) is 17.6 Å². The molecule has 1 heterocycles. The Kier molecular flexibility index (Phi) is 9.23. The Labute approximate surface area is 189 Å². The largest absolute Gasteiger partial charge is 0.478 e. The maximum absolute atomic E-state index is 13.0. The van der Waals surface area contributed by atoms with Gasteiger partial charge >= 0.3 is 5.97 Å². The van der Waals surface area contributed by atoms with Gasteiger partial charge in [-0.2, -0.15) is 0 Å². The first-order chi connectivity index (χ1) is 15.2. The fraction of sp³-hybridized carbons (Fsp3) is 0.583. The number of likely N-dealkylation sites (tertiary alicyclic amines) is 1. The molecule has 1 fully saturated rings. The summed E-state index contributed by atoms with van der Waals surface area (Å²) >= 11 is 0. The van der Waals surface area contributed by atoms with Crippen LogP contribution in [-0.4, -0.2) is 52.3 Å². The number of nitrogens with zero attached hydrogens (tertiary/aromatic N) is 1. The van der Waals surface area contributed by atoms with Crippen LogP contribution in [0.25, 0.3) is 0 Å². The predicted molar refractivity (Wildman–Crippen MR) is 122 cm³/mol. The third-order valence-corrected chi connectivity index (χ3v) is 5.86. The van der Waals surface area contributed by atoms with Crippen molar-refractivity contribution in [1.82, 2.24) is 10.2 Å². The molecular weight excluding hydrogens is 410 g/mol. The van der Waals surface area contributed by atoms with Crippen molar-refractivity contribution in [2.24, 2.45) is 5.92 Å². The van der Waals surface area contributed by atoms with Gasteiger partial charge in [0.1, 0.15) is 12.1 Å². The van der Waals surface area contributed by atoms with Crippen molar-refractivity contribution < 1.29 is 24.3 Å². The first kappa shape index (κ1) is 25.4. The van der Waals surface area contributed by atoms with E-state index in [4.69, 9.17) is 0 Å². The minimum Gasteiger partial charge on any atom is -0.478 e. The minimum atomic E-state index is -1.13. The maximum atomic E-state index is 13.0. The highest BCUT2D eigenvalue weighted by Crippen LogP contribution is 2.22. The molecule has 0 bridgehead atoms. The number of amides is 3. The smallest absolute Gasteiger partial charge is 0.338 e. The number of benzene rings is 1. The van der Waals surface area contributed by atoms with Crippen molar-refractivity contribution in [2.75, 3.05) is 11.9 Å². The van der Waals surface area contributed by atoms with Crippen LogP contribution in [0.15, 0.2) is 18.2 Å². The molecule has 1 aromatic rings. The van der Waals surface area contributed by atoms with Gasteiger partial charge in [-0.25, -0.2) is 4.79 Å². The van der Waals surface area contributed by atoms with Crippen molar-refractivity contribution in [3.63, 3.8) is 0 Å². The predicted octanol–water partition coefficient (Wildman–Crippen LogP) is 3.34. The summed E-state index contributed by atoms with van der Waals surface area (Å²) in [7, 11) is 0. The molecule has 3 amide bonds. The monoisotopic (exact) mass is 445 g/mol. The maximum Gasteiger partial charge on any atom is 0.338 e. The zero-order chi connectivity index (χ0) is 23.8. The third-order valence-electron chi connectivity index (χ3n) is 5.86. The highest BCUT2D eigenvalue weighted by atomic mass is 16.4. The molecule has 8 nitrogen and oxygen atoms in total. The number of hydrogen-bond donors (Lipinski definition) is 3. The number of aromatic carboxylic acids is 1. The fourth-order valence-corrected chi connectivity index (χ4v) is 4.06. The summed E-state index contributed by atoms with van der Waals surface area (Å²) in [6.07, 6.45) is 4.55. The topological polar surface area (TPSA) is 116 Å². The van der Waals surface area contributed by atoms with E-state index in [0.717, 1.165) is 25.7 Å². The highest BCUT2D eigenvalue weighted by Gasteiger charge is 2.36. The van der Waals surface area contributed by atoms with E-state index >= 15 is 0 Å². The number of anilines is 1. The van der Waals surface area contributed by atoms with Crippen LogP contribution in [-0.2, 0) is 14.4 Å². The summed E-state index contributed by atoms with van der Waals surface area (Å²) in [5.41, 5.74) is 0.744. The molecule has 0 spiro atoms. The molecule has 0 radical (unpaired) electrons. The number of carboxylic acids is 1. The van der Waals surface area contributed by atoms with Crippen LogP contribution in [0.4, 0.5) is 5.69 Å². The van der Waals surface area contributed by atoms with Gasteiger partial charge in [0.15, 0.2) is 0 Å². The quantitative estimate of drug-likeness (QED) is 0.478. The molecule has 0 unspecified atom stereocenters. The van der Waals surface area contributed by atoms with E-state index < -0.39 is 24.0 Å². The van der Waals surface area contributed by atoms with Crippen LogP contribution in [0, 0.1) is 12.8 Å². The normalized spacial score (nSPS) is 16.7. The number of hydrogen-bond acceptors (Lipinski definition) is 4. The number of carbonyl (C=O) groups is 4. The van der Waals surface area contributed by atoms with Crippen molar-refractivity contribution in [1.29, 1.82) is 0 Å². The Morgan fingerprint density at radius 3 is 2.53 bits per heavy atom. The lowest BCUT2D eigenvalue weighted by Gasteiger charge is -2.28. The lowest BCUT2D eigenvalue weighted by molar-refractivity contribution is -0.139. The molecule has 8 heteroatoms. The summed E-state index contributed by atoms with van der Waals surface area (Å²) in [4.78, 5) is 51.8. The number of nitrogens with one attached hydrogen (secondary N) is 2. The van der Waals surface area contributed by atoms with E-state index in [0.29, 0.717) is 24.9 Å². The van der Waals surface area contributed by atoms with E-state index in [1.165, 1.54) is 6.07 Å². The van der Waals surface area contributed by atoms with Crippen molar-refractivity contribution in [2.45, 2.75) is 78.3 Å². The number of unbranched alkanes of at least 4 members (excludes halogenated alkanes) is 2. The molecule has 0 saturated carbocycles. The van der Waals surface area contributed by atoms with Crippen LogP contribution in [0.5, 0.6) is 0 Å². The van der Waals surface area contributed by atoms with Gasteiger partial charge in [-0.05, 0) is 43.7 Å². The molecule has 2 rings (SSSR count). The molecule has 2 atom stereocenters. The Hall–Kier alpha value is -2.90. The van der Waals surface area contributed by atoms with Gasteiger partial charge in [-0.3, -0.25) is 14.4 Å². The van der Waals surface area contributed by atoms with E-state index in [1.807, 2.05) is 0 Å². The standard InChI is InChI=1S/C24H35N3O5/c1-5-6-7-13-19(28)27-14-9-12-18(27)22(29)26-21(15(2)3)23(30)25-17-11-8-10-16(4)20(17)24(31)32/h8,10-11,15,18,21H,5-7,9,12-14H2,1-4H3,(H,25,30)(H,26,29)(H,31,32)/t18-,21-/m0/s1. The Morgan fingerprint density at radius 2 is 1.91 bits per heavy atom. The lowest BCUT2D eigenvalue weighted by atomic mass is 10.0. The average Bonchev–Trinajstić information content (AvgIpc) is 3.21. The zero-order valence-electron chi connectivity index (χ0n) is 19.4. The summed E-state index contributed by atoms with van der Waals surface area (Å²) in [5.74, 6) is -2.21. The Bertz CT molecular complexity index is 852. The molecule has 3 N–H and O–H groups in total.